The molecular weight excluding hydrogens is 853 g/mol. The molecule has 9 aromatic rings. The third kappa shape index (κ3) is 6.63. The van der Waals surface area contributed by atoms with Gasteiger partial charge in [-0.1, -0.05) is 151 Å². The molecule has 7 aromatic carbocycles. The summed E-state index contributed by atoms with van der Waals surface area (Å²) in [6.45, 7) is 22.6. The van der Waals surface area contributed by atoms with E-state index in [1.165, 1.54) is 55.6 Å². The van der Waals surface area contributed by atoms with Gasteiger partial charge in [-0.15, -0.1) is 0 Å². The lowest BCUT2D eigenvalue weighted by atomic mass is 9.68. The van der Waals surface area contributed by atoms with Gasteiger partial charge in [0.1, 0.15) is 11.2 Å². The number of anilines is 5. The fourth-order valence-corrected chi connectivity index (χ4v) is 11.5. The Hall–Kier alpha value is -7.30. The zero-order valence-corrected chi connectivity index (χ0v) is 42.3. The van der Waals surface area contributed by atoms with Crippen molar-refractivity contribution in [1.29, 1.82) is 0 Å². The number of furan rings is 2. The first-order valence-corrected chi connectivity index (χ1v) is 25.4. The number of aryl methyl sites for hydroxylation is 4. The zero-order chi connectivity index (χ0) is 48.4. The van der Waals surface area contributed by atoms with Gasteiger partial charge in [-0.2, -0.15) is 0 Å². The Labute approximate surface area is 412 Å². The highest BCUT2D eigenvalue weighted by atomic mass is 16.3. The molecule has 4 heteroatoms. The highest BCUT2D eigenvalue weighted by Gasteiger charge is 2.39. The molecule has 2 atom stereocenters. The summed E-state index contributed by atoms with van der Waals surface area (Å²) in [5.74, 6) is 0.269. The van der Waals surface area contributed by atoms with Crippen LogP contribution in [0.15, 0.2) is 166 Å². The van der Waals surface area contributed by atoms with Crippen LogP contribution in [0.25, 0.3) is 56.0 Å². The van der Waals surface area contributed by atoms with Gasteiger partial charge in [-0.25, -0.2) is 0 Å². The van der Waals surface area contributed by atoms with Crippen molar-refractivity contribution in [1.82, 2.24) is 0 Å². The third-order valence-corrected chi connectivity index (χ3v) is 16.7. The maximum Gasteiger partial charge on any atom is 0.159 e. The van der Waals surface area contributed by atoms with E-state index in [9.17, 15) is 0 Å². The van der Waals surface area contributed by atoms with Crippen LogP contribution in [0, 0.1) is 33.6 Å². The summed E-state index contributed by atoms with van der Waals surface area (Å²) in [7, 11) is 0. The summed E-state index contributed by atoms with van der Waals surface area (Å²) in [6, 6.07) is 45.1. The average molecular weight is 915 g/mol. The Balaban J connectivity index is 1.08. The van der Waals surface area contributed by atoms with E-state index in [0.29, 0.717) is 0 Å². The molecule has 4 nitrogen and oxygen atoms in total. The fraction of sp³-hybridized carbons (Fsp3) is 0.242. The van der Waals surface area contributed by atoms with E-state index >= 15 is 0 Å². The highest BCUT2D eigenvalue weighted by Crippen LogP contribution is 2.55. The van der Waals surface area contributed by atoms with E-state index in [2.05, 4.69) is 237 Å². The van der Waals surface area contributed by atoms with Gasteiger partial charge in [0.05, 0.1) is 17.1 Å². The van der Waals surface area contributed by atoms with Gasteiger partial charge < -0.3 is 18.6 Å². The van der Waals surface area contributed by atoms with Crippen LogP contribution in [0.1, 0.15) is 110 Å². The molecule has 0 amide bonds. The quantitative estimate of drug-likeness (QED) is 0.137. The first kappa shape index (κ1) is 43.9. The molecule has 0 spiro atoms. The summed E-state index contributed by atoms with van der Waals surface area (Å²) in [5, 5.41) is 4.57. The lowest BCUT2D eigenvalue weighted by Crippen LogP contribution is -2.28. The minimum absolute atomic E-state index is 0.0415. The van der Waals surface area contributed by atoms with E-state index in [-0.39, 0.29) is 22.7 Å². The van der Waals surface area contributed by atoms with E-state index in [0.717, 1.165) is 90.9 Å². The van der Waals surface area contributed by atoms with Crippen molar-refractivity contribution in [3.05, 3.63) is 207 Å². The van der Waals surface area contributed by atoms with Gasteiger partial charge in [-0.05, 0) is 139 Å². The van der Waals surface area contributed by atoms with Crippen LogP contribution in [-0.4, -0.2) is 0 Å². The van der Waals surface area contributed by atoms with Crippen LogP contribution in [-0.2, 0) is 10.8 Å². The molecule has 0 bridgehead atoms. The second kappa shape index (κ2) is 16.1. The lowest BCUT2D eigenvalue weighted by molar-refractivity contribution is 0.500. The predicted octanol–water partition coefficient (Wildman–Crippen LogP) is 19.0. The third-order valence-electron chi connectivity index (χ3n) is 16.7. The Morgan fingerprint density at radius 3 is 1.51 bits per heavy atom. The van der Waals surface area contributed by atoms with Gasteiger partial charge in [-0.3, -0.25) is 0 Å². The van der Waals surface area contributed by atoms with E-state index in [1.807, 2.05) is 0 Å². The number of allylic oxidation sites excluding steroid dienone is 5. The summed E-state index contributed by atoms with van der Waals surface area (Å²) in [6.07, 6.45) is 16.4. The number of benzene rings is 7. The van der Waals surface area contributed by atoms with Crippen LogP contribution >= 0.6 is 0 Å². The maximum absolute atomic E-state index is 7.18. The van der Waals surface area contributed by atoms with Crippen molar-refractivity contribution in [3.63, 3.8) is 0 Å². The number of hydrogen-bond donors (Lipinski definition) is 0. The van der Waals surface area contributed by atoms with Crippen LogP contribution in [0.4, 0.5) is 28.4 Å². The molecular formula is C66H62N2O2. The van der Waals surface area contributed by atoms with Crippen molar-refractivity contribution >= 4 is 84.5 Å². The smallest absolute Gasteiger partial charge is 0.159 e. The van der Waals surface area contributed by atoms with E-state index in [1.54, 1.807) is 0 Å². The summed E-state index contributed by atoms with van der Waals surface area (Å²) < 4.78 is 14.4. The van der Waals surface area contributed by atoms with Crippen LogP contribution in [0.2, 0.25) is 0 Å². The van der Waals surface area contributed by atoms with Gasteiger partial charge >= 0.3 is 0 Å². The second-order valence-corrected chi connectivity index (χ2v) is 21.5. The maximum atomic E-state index is 7.18. The first-order chi connectivity index (χ1) is 33.8. The topological polar surface area (TPSA) is 32.8 Å². The van der Waals surface area contributed by atoms with Crippen LogP contribution in [0.5, 0.6) is 0 Å². The zero-order valence-electron chi connectivity index (χ0n) is 42.3. The number of para-hydroxylation sites is 4. The average Bonchev–Trinajstić information content (AvgIpc) is 3.96. The SMILES string of the molecule is CCC(C)(C)c1cccc2c1oc1c(N(C3=C4C=Cc5ccc(N(c6ccc(C)c(C)c6)c6cccc7c6oc6c(C(C)(C)CC)cccc67)c6c5C4C(C=C3)C=C6)c3ccc(C)c(C)c3)cccc12. The minimum Gasteiger partial charge on any atom is -0.454 e. The number of hydrogen-bond acceptors (Lipinski definition) is 4. The standard InChI is InChI=1S/C66H62N2O2/c1-11-65(7,8)53-21-13-17-47-49-19-15-23-57(63(49)69-61(47)53)67(45-31-25-39(3)41(5)37-45)55-35-29-43-28-34-52-56(36-30-44-27-33-51(55)59(43)60(44)52)68(46-32-26-40(4)42(6)38-46)58-24-16-20-50-48-18-14-22-54(66(9,10)12-2)62(48)70-64(50)58/h13-38,43,59H,11-12H2,1-10H3. The summed E-state index contributed by atoms with van der Waals surface area (Å²) >= 11 is 0. The molecule has 2 heterocycles. The molecule has 0 aliphatic heterocycles. The Kier molecular flexibility index (Phi) is 10.1. The molecule has 0 radical (unpaired) electrons. The first-order valence-electron chi connectivity index (χ1n) is 25.4. The molecule has 0 N–H and O–H groups in total. The number of nitrogens with zero attached hydrogens (tertiary/aromatic N) is 2. The number of rotatable bonds is 10. The summed E-state index contributed by atoms with van der Waals surface area (Å²) in [5.41, 5.74) is 22.9. The molecule has 348 valence electrons. The van der Waals surface area contributed by atoms with Crippen molar-refractivity contribution in [2.24, 2.45) is 5.92 Å². The molecule has 2 aromatic heterocycles. The Bertz CT molecular complexity index is 3770. The van der Waals surface area contributed by atoms with Crippen molar-refractivity contribution in [2.75, 3.05) is 9.80 Å². The molecule has 0 fully saturated rings. The Morgan fingerprint density at radius 2 is 0.971 bits per heavy atom. The van der Waals surface area contributed by atoms with Crippen LogP contribution in [0.3, 0.4) is 0 Å². The predicted molar refractivity (Wildman–Crippen MR) is 297 cm³/mol. The van der Waals surface area contributed by atoms with Gasteiger partial charge in [0, 0.05) is 67.1 Å². The highest BCUT2D eigenvalue weighted by molar-refractivity contribution is 6.12. The fourth-order valence-electron chi connectivity index (χ4n) is 11.5. The van der Waals surface area contributed by atoms with Crippen LogP contribution < -0.4 is 9.80 Å². The van der Waals surface area contributed by atoms with Crippen molar-refractivity contribution in [3.8, 4) is 0 Å². The Morgan fingerprint density at radius 1 is 0.471 bits per heavy atom. The van der Waals surface area contributed by atoms with Crippen molar-refractivity contribution < 1.29 is 8.83 Å². The van der Waals surface area contributed by atoms with Gasteiger partial charge in [0.25, 0.3) is 0 Å². The summed E-state index contributed by atoms with van der Waals surface area (Å²) in [4.78, 5) is 4.93. The van der Waals surface area contributed by atoms with E-state index < -0.39 is 0 Å². The molecule has 12 rings (SSSR count). The van der Waals surface area contributed by atoms with E-state index in [4.69, 9.17) is 8.83 Å². The van der Waals surface area contributed by atoms with Gasteiger partial charge in [0.2, 0.25) is 0 Å². The number of fused-ring (bicyclic) bond motifs is 6. The molecule has 3 aliphatic carbocycles. The second-order valence-electron chi connectivity index (χ2n) is 21.5. The largest absolute Gasteiger partial charge is 0.454 e. The molecule has 0 saturated carbocycles. The normalized spacial score (nSPS) is 16.3. The van der Waals surface area contributed by atoms with Crippen molar-refractivity contribution in [2.45, 2.75) is 98.8 Å². The minimum atomic E-state index is -0.0425. The molecule has 0 saturated heterocycles. The molecule has 70 heavy (non-hydrogen) atoms. The molecule has 2 unspecified atom stereocenters. The molecule has 3 aliphatic rings. The van der Waals surface area contributed by atoms with Gasteiger partial charge in [0.15, 0.2) is 11.2 Å². The lowest BCUT2D eigenvalue weighted by Gasteiger charge is -2.41. The monoisotopic (exact) mass is 914 g/mol.